The number of aromatic amines is 1. The molecule has 2 aromatic carbocycles. The van der Waals surface area contributed by atoms with Crippen molar-refractivity contribution in [1.29, 1.82) is 0 Å². The van der Waals surface area contributed by atoms with Crippen molar-refractivity contribution in [1.82, 2.24) is 20.6 Å². The average molecular weight is 343 g/mol. The molecule has 0 radical (unpaired) electrons. The molecule has 0 saturated carbocycles. The number of H-pyrrole nitrogens is 1. The fourth-order valence-electron chi connectivity index (χ4n) is 2.25. The van der Waals surface area contributed by atoms with Crippen molar-refractivity contribution in [2.75, 3.05) is 4.72 Å². The lowest BCUT2D eigenvalue weighted by Gasteiger charge is -2.10. The third kappa shape index (κ3) is 3.43. The fraction of sp³-hybridized carbons (Fsp3) is 0.188. The summed E-state index contributed by atoms with van der Waals surface area (Å²) in [5.74, 6) is 0.749. The van der Waals surface area contributed by atoms with E-state index in [2.05, 4.69) is 39.2 Å². The van der Waals surface area contributed by atoms with Crippen molar-refractivity contribution in [2.45, 2.75) is 24.7 Å². The second-order valence-corrected chi connectivity index (χ2v) is 7.33. The van der Waals surface area contributed by atoms with Crippen molar-refractivity contribution < 1.29 is 8.42 Å². The molecule has 3 aromatic rings. The van der Waals surface area contributed by atoms with Crippen LogP contribution in [0.1, 0.15) is 25.3 Å². The van der Waals surface area contributed by atoms with Gasteiger partial charge in [-0.15, -0.1) is 10.2 Å². The van der Waals surface area contributed by atoms with E-state index in [1.807, 2.05) is 12.1 Å². The number of benzene rings is 2. The minimum Gasteiger partial charge on any atom is -0.280 e. The van der Waals surface area contributed by atoms with Gasteiger partial charge in [0.15, 0.2) is 0 Å². The third-order valence-electron chi connectivity index (χ3n) is 3.58. The number of hydrogen-bond acceptors (Lipinski definition) is 5. The molecule has 0 bridgehead atoms. The van der Waals surface area contributed by atoms with Crippen LogP contribution in [0.4, 0.5) is 5.69 Å². The number of nitrogens with one attached hydrogen (secondary N) is 2. The van der Waals surface area contributed by atoms with Gasteiger partial charge in [-0.2, -0.15) is 5.21 Å². The Labute approximate surface area is 140 Å². The predicted molar refractivity (Wildman–Crippen MR) is 91.0 cm³/mol. The van der Waals surface area contributed by atoms with Crippen LogP contribution in [0.2, 0.25) is 0 Å². The Kier molecular flexibility index (Phi) is 4.30. The summed E-state index contributed by atoms with van der Waals surface area (Å²) in [7, 11) is -3.66. The second kappa shape index (κ2) is 6.40. The normalized spacial score (nSPS) is 11.6. The van der Waals surface area contributed by atoms with Crippen LogP contribution in [0.25, 0.3) is 11.4 Å². The monoisotopic (exact) mass is 343 g/mol. The Morgan fingerprint density at radius 2 is 1.83 bits per heavy atom. The molecule has 124 valence electrons. The van der Waals surface area contributed by atoms with E-state index in [4.69, 9.17) is 0 Å². The van der Waals surface area contributed by atoms with E-state index >= 15 is 0 Å². The molecule has 24 heavy (non-hydrogen) atoms. The van der Waals surface area contributed by atoms with Gasteiger partial charge in [-0.3, -0.25) is 4.72 Å². The van der Waals surface area contributed by atoms with Crippen molar-refractivity contribution >= 4 is 15.7 Å². The smallest absolute Gasteiger partial charge is 0.261 e. The molecule has 0 unspecified atom stereocenters. The molecular weight excluding hydrogens is 326 g/mol. The highest BCUT2D eigenvalue weighted by Crippen LogP contribution is 2.22. The molecule has 2 N–H and O–H groups in total. The maximum absolute atomic E-state index is 12.5. The third-order valence-corrected chi connectivity index (χ3v) is 4.97. The van der Waals surface area contributed by atoms with Crippen LogP contribution in [0, 0.1) is 0 Å². The van der Waals surface area contributed by atoms with Crippen molar-refractivity contribution in [3.63, 3.8) is 0 Å². The Balaban J connectivity index is 1.85. The summed E-state index contributed by atoms with van der Waals surface area (Å²) in [4.78, 5) is 0.219. The molecule has 0 aliphatic heterocycles. The minimum absolute atomic E-state index is 0.219. The molecule has 7 nitrogen and oxygen atoms in total. The number of anilines is 1. The largest absolute Gasteiger partial charge is 0.280 e. The highest BCUT2D eigenvalue weighted by Gasteiger charge is 2.15. The Bertz CT molecular complexity index is 919. The maximum atomic E-state index is 12.5. The highest BCUT2D eigenvalue weighted by atomic mass is 32.2. The molecule has 0 atom stereocenters. The first-order valence-electron chi connectivity index (χ1n) is 7.42. The second-order valence-electron chi connectivity index (χ2n) is 5.65. The van der Waals surface area contributed by atoms with E-state index in [0.717, 1.165) is 5.56 Å². The number of rotatable bonds is 5. The van der Waals surface area contributed by atoms with Gasteiger partial charge in [-0.25, -0.2) is 8.42 Å². The summed E-state index contributed by atoms with van der Waals surface area (Å²) in [6.45, 7) is 4.12. The molecule has 1 heterocycles. The molecule has 8 heteroatoms. The van der Waals surface area contributed by atoms with Crippen LogP contribution in [-0.2, 0) is 10.0 Å². The Morgan fingerprint density at radius 1 is 1.08 bits per heavy atom. The molecule has 0 aliphatic carbocycles. The zero-order valence-electron chi connectivity index (χ0n) is 13.3. The van der Waals surface area contributed by atoms with Gasteiger partial charge in [0.1, 0.15) is 0 Å². The summed E-state index contributed by atoms with van der Waals surface area (Å²) < 4.78 is 27.6. The first-order valence-corrected chi connectivity index (χ1v) is 8.91. The van der Waals surface area contributed by atoms with Gasteiger partial charge in [0.05, 0.1) is 4.90 Å². The zero-order valence-corrected chi connectivity index (χ0v) is 14.1. The summed E-state index contributed by atoms with van der Waals surface area (Å²) in [5, 5.41) is 13.6. The van der Waals surface area contributed by atoms with E-state index in [9.17, 15) is 8.42 Å². The SMILES string of the molecule is CC(C)c1ccc(S(=O)(=O)Nc2cccc(-c3nn[nH]n3)c2)cc1. The number of nitrogens with zero attached hydrogens (tertiary/aromatic N) is 3. The van der Waals surface area contributed by atoms with Gasteiger partial charge >= 0.3 is 0 Å². The van der Waals surface area contributed by atoms with E-state index in [1.165, 1.54) is 0 Å². The highest BCUT2D eigenvalue weighted by molar-refractivity contribution is 7.92. The number of hydrogen-bond donors (Lipinski definition) is 2. The molecule has 3 rings (SSSR count). The van der Waals surface area contributed by atoms with Crippen LogP contribution in [0.15, 0.2) is 53.4 Å². The van der Waals surface area contributed by atoms with Gasteiger partial charge in [0, 0.05) is 11.3 Å². The summed E-state index contributed by atoms with van der Waals surface area (Å²) in [5.41, 5.74) is 2.19. The topological polar surface area (TPSA) is 101 Å². The molecular formula is C16H17N5O2S. The minimum atomic E-state index is -3.66. The lowest BCUT2D eigenvalue weighted by atomic mass is 10.0. The molecule has 0 amide bonds. The van der Waals surface area contributed by atoms with Gasteiger partial charge in [-0.1, -0.05) is 38.1 Å². The number of aromatic nitrogens is 4. The fourth-order valence-corrected chi connectivity index (χ4v) is 3.30. The lowest BCUT2D eigenvalue weighted by Crippen LogP contribution is -2.13. The molecule has 0 spiro atoms. The van der Waals surface area contributed by atoms with Crippen LogP contribution < -0.4 is 4.72 Å². The quantitative estimate of drug-likeness (QED) is 0.742. The summed E-state index contributed by atoms with van der Waals surface area (Å²) >= 11 is 0. The Morgan fingerprint density at radius 3 is 2.46 bits per heavy atom. The molecule has 0 saturated heterocycles. The summed E-state index contributed by atoms with van der Waals surface area (Å²) in [6.07, 6.45) is 0. The summed E-state index contributed by atoms with van der Waals surface area (Å²) in [6, 6.07) is 13.7. The van der Waals surface area contributed by atoms with Crippen molar-refractivity contribution in [3.05, 3.63) is 54.1 Å². The van der Waals surface area contributed by atoms with Gasteiger partial charge < -0.3 is 0 Å². The standard InChI is InChI=1S/C16H17N5O2S/c1-11(2)12-6-8-15(9-7-12)24(22,23)19-14-5-3-4-13(10-14)16-17-20-21-18-16/h3-11,19H,1-2H3,(H,17,18,20,21). The molecule has 1 aromatic heterocycles. The van der Waals surface area contributed by atoms with Gasteiger partial charge in [0.25, 0.3) is 10.0 Å². The lowest BCUT2D eigenvalue weighted by molar-refractivity contribution is 0.601. The van der Waals surface area contributed by atoms with Crippen LogP contribution in [0.5, 0.6) is 0 Å². The van der Waals surface area contributed by atoms with E-state index in [1.54, 1.807) is 36.4 Å². The molecule has 0 fully saturated rings. The van der Waals surface area contributed by atoms with E-state index in [-0.39, 0.29) is 4.90 Å². The van der Waals surface area contributed by atoms with E-state index < -0.39 is 10.0 Å². The molecule has 0 aliphatic rings. The average Bonchev–Trinajstić information content (AvgIpc) is 3.09. The van der Waals surface area contributed by atoms with Crippen molar-refractivity contribution in [3.8, 4) is 11.4 Å². The zero-order chi connectivity index (χ0) is 17.2. The van der Waals surface area contributed by atoms with Crippen LogP contribution >= 0.6 is 0 Å². The first kappa shape index (κ1) is 16.1. The van der Waals surface area contributed by atoms with Crippen LogP contribution in [-0.4, -0.2) is 29.0 Å². The Hall–Kier alpha value is -2.74. The predicted octanol–water partition coefficient (Wildman–Crippen LogP) is 2.79. The van der Waals surface area contributed by atoms with Gasteiger partial charge in [-0.05, 0) is 41.0 Å². The van der Waals surface area contributed by atoms with E-state index in [0.29, 0.717) is 23.0 Å². The number of tetrazole rings is 1. The maximum Gasteiger partial charge on any atom is 0.261 e. The van der Waals surface area contributed by atoms with Gasteiger partial charge in [0.2, 0.25) is 5.82 Å². The number of sulfonamides is 1. The van der Waals surface area contributed by atoms with Crippen LogP contribution in [0.3, 0.4) is 0 Å². The van der Waals surface area contributed by atoms with Crippen molar-refractivity contribution in [2.24, 2.45) is 0 Å². The first-order chi connectivity index (χ1) is 11.5.